The molecule has 1 aliphatic carbocycles. The first-order valence-electron chi connectivity index (χ1n) is 5.71. The second kappa shape index (κ2) is 5.83. The van der Waals surface area contributed by atoms with Crippen LogP contribution in [0.2, 0.25) is 0 Å². The molecule has 0 aliphatic heterocycles. The maximum atomic E-state index is 11.6. The molecule has 0 aromatic carbocycles. The number of carboxylic acid groups (broad SMARTS) is 1. The average molecular weight is 302 g/mol. The van der Waals surface area contributed by atoms with Gasteiger partial charge in [-0.3, -0.25) is 0 Å². The lowest BCUT2D eigenvalue weighted by atomic mass is 10.4. The van der Waals surface area contributed by atoms with E-state index in [0.717, 1.165) is 28.7 Å². The average Bonchev–Trinajstić information content (AvgIpc) is 3.00. The van der Waals surface area contributed by atoms with Crippen LogP contribution >= 0.6 is 11.3 Å². The van der Waals surface area contributed by atoms with Gasteiger partial charge >= 0.3 is 5.97 Å². The first kappa shape index (κ1) is 14.2. The van der Waals surface area contributed by atoms with Crippen LogP contribution < -0.4 is 9.44 Å². The number of thiophene rings is 1. The van der Waals surface area contributed by atoms with E-state index in [1.165, 1.54) is 17.4 Å². The number of hydrogen-bond acceptors (Lipinski definition) is 4. The molecule has 0 unspecified atom stereocenters. The van der Waals surface area contributed by atoms with Gasteiger partial charge in [0.2, 0.25) is 0 Å². The standard InChI is InChI=1S/C11H14N2O4S2/c14-11(15)6-5-9-3-4-10(18-9)7-12-19(16,17)13-8-1-2-8/h3-6,8,12-13H,1-2,7H2,(H,14,15)/b6-5+. The van der Waals surface area contributed by atoms with Crippen molar-refractivity contribution in [2.45, 2.75) is 25.4 Å². The topological polar surface area (TPSA) is 95.5 Å². The van der Waals surface area contributed by atoms with E-state index in [9.17, 15) is 13.2 Å². The quantitative estimate of drug-likeness (QED) is 0.653. The number of aliphatic carboxylic acids is 1. The highest BCUT2D eigenvalue weighted by molar-refractivity contribution is 7.87. The van der Waals surface area contributed by atoms with Gasteiger partial charge in [0.25, 0.3) is 10.2 Å². The van der Waals surface area contributed by atoms with E-state index < -0.39 is 16.2 Å². The molecular formula is C11H14N2O4S2. The van der Waals surface area contributed by atoms with Crippen molar-refractivity contribution in [2.75, 3.05) is 0 Å². The van der Waals surface area contributed by atoms with Crippen molar-refractivity contribution in [3.63, 3.8) is 0 Å². The van der Waals surface area contributed by atoms with Gasteiger partial charge in [0.15, 0.2) is 0 Å². The predicted octanol–water partition coefficient (Wildman–Crippen LogP) is 0.932. The van der Waals surface area contributed by atoms with Crippen LogP contribution in [0.15, 0.2) is 18.2 Å². The molecule has 1 heterocycles. The van der Waals surface area contributed by atoms with E-state index in [2.05, 4.69) is 9.44 Å². The van der Waals surface area contributed by atoms with E-state index in [1.54, 1.807) is 12.1 Å². The maximum absolute atomic E-state index is 11.6. The number of hydrogen-bond donors (Lipinski definition) is 3. The zero-order chi connectivity index (χ0) is 13.9. The van der Waals surface area contributed by atoms with E-state index in [4.69, 9.17) is 5.11 Å². The minimum absolute atomic E-state index is 0.0786. The molecule has 19 heavy (non-hydrogen) atoms. The normalized spacial score (nSPS) is 16.0. The van der Waals surface area contributed by atoms with Crippen molar-refractivity contribution in [3.05, 3.63) is 28.0 Å². The van der Waals surface area contributed by atoms with Crippen LogP contribution in [0.1, 0.15) is 22.6 Å². The summed E-state index contributed by atoms with van der Waals surface area (Å²) < 4.78 is 28.1. The Bertz CT molecular complexity index is 588. The lowest BCUT2D eigenvalue weighted by Crippen LogP contribution is -2.37. The second-order valence-electron chi connectivity index (χ2n) is 4.19. The van der Waals surface area contributed by atoms with E-state index in [1.807, 2.05) is 0 Å². The molecule has 1 aromatic rings. The van der Waals surface area contributed by atoms with Crippen LogP contribution in [0.5, 0.6) is 0 Å². The Kier molecular flexibility index (Phi) is 4.35. The highest BCUT2D eigenvalue weighted by Gasteiger charge is 2.26. The van der Waals surface area contributed by atoms with Crippen molar-refractivity contribution in [1.82, 2.24) is 9.44 Å². The molecule has 6 nitrogen and oxygen atoms in total. The van der Waals surface area contributed by atoms with Crippen LogP contribution in [0.4, 0.5) is 0 Å². The molecule has 0 saturated heterocycles. The summed E-state index contributed by atoms with van der Waals surface area (Å²) >= 11 is 1.35. The molecule has 2 rings (SSSR count). The zero-order valence-corrected chi connectivity index (χ0v) is 11.6. The molecule has 8 heteroatoms. The Morgan fingerprint density at radius 3 is 2.84 bits per heavy atom. The molecular weight excluding hydrogens is 288 g/mol. The first-order chi connectivity index (χ1) is 8.94. The maximum Gasteiger partial charge on any atom is 0.328 e. The van der Waals surface area contributed by atoms with Crippen LogP contribution in [0.25, 0.3) is 6.08 Å². The van der Waals surface area contributed by atoms with Gasteiger partial charge in [-0.1, -0.05) is 0 Å². The number of rotatable bonds is 7. The van der Waals surface area contributed by atoms with Crippen molar-refractivity contribution < 1.29 is 18.3 Å². The van der Waals surface area contributed by atoms with Crippen molar-refractivity contribution in [3.8, 4) is 0 Å². The Morgan fingerprint density at radius 2 is 2.21 bits per heavy atom. The summed E-state index contributed by atoms with van der Waals surface area (Å²) in [5.74, 6) is -1.01. The molecule has 1 fully saturated rings. The Morgan fingerprint density at radius 1 is 1.47 bits per heavy atom. The lowest BCUT2D eigenvalue weighted by molar-refractivity contribution is -0.131. The number of carboxylic acids is 1. The van der Waals surface area contributed by atoms with Crippen molar-refractivity contribution >= 4 is 33.6 Å². The SMILES string of the molecule is O=C(O)/C=C/c1ccc(CNS(=O)(=O)NC2CC2)s1. The Labute approximate surface area is 115 Å². The predicted molar refractivity (Wildman–Crippen MR) is 72.9 cm³/mol. The molecule has 0 spiro atoms. The van der Waals surface area contributed by atoms with Gasteiger partial charge in [0, 0.05) is 28.4 Å². The molecule has 104 valence electrons. The third kappa shape index (κ3) is 5.11. The number of nitrogens with one attached hydrogen (secondary N) is 2. The van der Waals surface area contributed by atoms with Crippen molar-refractivity contribution in [1.29, 1.82) is 0 Å². The molecule has 1 saturated carbocycles. The van der Waals surface area contributed by atoms with Crippen LogP contribution in [0, 0.1) is 0 Å². The molecule has 0 atom stereocenters. The van der Waals surface area contributed by atoms with Gasteiger partial charge in [-0.05, 0) is 31.1 Å². The molecule has 1 aliphatic rings. The smallest absolute Gasteiger partial charge is 0.328 e. The van der Waals surface area contributed by atoms with E-state index in [-0.39, 0.29) is 12.6 Å². The summed E-state index contributed by atoms with van der Waals surface area (Å²) in [6.07, 6.45) is 4.32. The van der Waals surface area contributed by atoms with E-state index >= 15 is 0 Å². The molecule has 0 amide bonds. The van der Waals surface area contributed by atoms with Gasteiger partial charge in [-0.2, -0.15) is 17.9 Å². The lowest BCUT2D eigenvalue weighted by Gasteiger charge is -2.05. The fourth-order valence-corrected chi connectivity index (χ4v) is 3.41. The summed E-state index contributed by atoms with van der Waals surface area (Å²) in [5, 5.41) is 8.50. The first-order valence-corrected chi connectivity index (χ1v) is 8.01. The fourth-order valence-electron chi connectivity index (χ4n) is 1.36. The Hall–Kier alpha value is -1.22. The highest BCUT2D eigenvalue weighted by Crippen LogP contribution is 2.20. The fraction of sp³-hybridized carbons (Fsp3) is 0.364. The third-order valence-electron chi connectivity index (χ3n) is 2.41. The molecule has 1 aromatic heterocycles. The summed E-state index contributed by atoms with van der Waals surface area (Å²) in [5.41, 5.74) is 0. The largest absolute Gasteiger partial charge is 0.478 e. The van der Waals surface area contributed by atoms with Crippen LogP contribution in [0.3, 0.4) is 0 Å². The molecule has 3 N–H and O–H groups in total. The Balaban J connectivity index is 1.87. The monoisotopic (exact) mass is 302 g/mol. The highest BCUT2D eigenvalue weighted by atomic mass is 32.2. The summed E-state index contributed by atoms with van der Waals surface area (Å²) in [6.45, 7) is 0.202. The number of carbonyl (C=O) groups is 1. The summed E-state index contributed by atoms with van der Waals surface area (Å²) in [7, 11) is -3.44. The van der Waals surface area contributed by atoms with Gasteiger partial charge in [0.05, 0.1) is 0 Å². The van der Waals surface area contributed by atoms with Gasteiger partial charge in [-0.25, -0.2) is 4.79 Å². The molecule has 0 bridgehead atoms. The van der Waals surface area contributed by atoms with Gasteiger partial charge in [-0.15, -0.1) is 11.3 Å². The van der Waals surface area contributed by atoms with Crippen molar-refractivity contribution in [2.24, 2.45) is 0 Å². The minimum Gasteiger partial charge on any atom is -0.478 e. The zero-order valence-electron chi connectivity index (χ0n) is 10.00. The second-order valence-corrected chi connectivity index (χ2v) is 6.92. The van der Waals surface area contributed by atoms with E-state index in [0.29, 0.717) is 0 Å². The van der Waals surface area contributed by atoms with Gasteiger partial charge in [0.1, 0.15) is 0 Å². The summed E-state index contributed by atoms with van der Waals surface area (Å²) in [6, 6.07) is 3.60. The van der Waals surface area contributed by atoms with Crippen LogP contribution in [-0.4, -0.2) is 25.5 Å². The minimum atomic E-state index is -3.44. The summed E-state index contributed by atoms with van der Waals surface area (Å²) in [4.78, 5) is 12.0. The molecule has 0 radical (unpaired) electrons. The third-order valence-corrected chi connectivity index (χ3v) is 4.63. The van der Waals surface area contributed by atoms with Crippen LogP contribution in [-0.2, 0) is 21.5 Å². The van der Waals surface area contributed by atoms with Gasteiger partial charge < -0.3 is 5.11 Å².